The molecule has 1 unspecified atom stereocenters. The Morgan fingerprint density at radius 1 is 1.28 bits per heavy atom. The number of nitrogens with one attached hydrogen (secondary N) is 1. The first-order valence-corrected chi connectivity index (χ1v) is 11.2. The van der Waals surface area contributed by atoms with Crippen LogP contribution < -0.4 is 4.90 Å². The lowest BCUT2D eigenvalue weighted by Gasteiger charge is -2.35. The molecule has 3 aromatic heterocycles. The van der Waals surface area contributed by atoms with Gasteiger partial charge in [0, 0.05) is 47.9 Å². The molecule has 8 heteroatoms. The van der Waals surface area contributed by atoms with E-state index in [0.29, 0.717) is 32.3 Å². The van der Waals surface area contributed by atoms with Gasteiger partial charge in [0.25, 0.3) is 0 Å². The first-order chi connectivity index (χ1) is 15.3. The van der Waals surface area contributed by atoms with Gasteiger partial charge in [0.05, 0.1) is 38.2 Å². The highest BCUT2D eigenvalue weighted by Crippen LogP contribution is 2.31. The largest absolute Gasteiger partial charge is 0.379 e. The molecule has 172 valence electrons. The van der Waals surface area contributed by atoms with Gasteiger partial charge in [-0.1, -0.05) is 13.8 Å². The Morgan fingerprint density at radius 3 is 2.91 bits per heavy atom. The zero-order valence-electron chi connectivity index (χ0n) is 19.8. The fourth-order valence-electron chi connectivity index (χ4n) is 3.92. The second-order valence-electron chi connectivity index (χ2n) is 9.39. The van der Waals surface area contributed by atoms with Gasteiger partial charge in [0.15, 0.2) is 5.82 Å². The summed E-state index contributed by atoms with van der Waals surface area (Å²) < 4.78 is 11.7. The van der Waals surface area contributed by atoms with E-state index in [2.05, 4.69) is 60.7 Å². The van der Waals surface area contributed by atoms with Crippen LogP contribution >= 0.6 is 0 Å². The van der Waals surface area contributed by atoms with E-state index < -0.39 is 0 Å². The maximum atomic E-state index is 6.02. The molecular weight excluding hydrogens is 404 g/mol. The maximum absolute atomic E-state index is 6.02. The molecule has 0 aromatic carbocycles. The molecule has 8 nitrogen and oxygen atoms in total. The van der Waals surface area contributed by atoms with Crippen LogP contribution in [0.2, 0.25) is 0 Å². The van der Waals surface area contributed by atoms with Crippen molar-refractivity contribution in [1.29, 1.82) is 0 Å². The summed E-state index contributed by atoms with van der Waals surface area (Å²) in [6, 6.07) is 6.39. The number of anilines is 1. The van der Waals surface area contributed by atoms with E-state index in [1.807, 2.05) is 18.3 Å². The van der Waals surface area contributed by atoms with Gasteiger partial charge in [-0.3, -0.25) is 0 Å². The quantitative estimate of drug-likeness (QED) is 0.541. The predicted octanol–water partition coefficient (Wildman–Crippen LogP) is 3.10. The molecule has 32 heavy (non-hydrogen) atoms. The fraction of sp³-hybridized carbons (Fsp3) is 0.542. The van der Waals surface area contributed by atoms with E-state index >= 15 is 0 Å². The molecule has 4 rings (SSSR count). The van der Waals surface area contributed by atoms with Crippen LogP contribution in [0.15, 0.2) is 30.6 Å². The molecule has 1 saturated heterocycles. The third kappa shape index (κ3) is 4.92. The number of aromatic amines is 1. The van der Waals surface area contributed by atoms with Crippen LogP contribution in [-0.2, 0) is 14.9 Å². The summed E-state index contributed by atoms with van der Waals surface area (Å²) in [4.78, 5) is 22.1. The normalized spacial score (nSPS) is 17.4. The Morgan fingerprint density at radius 2 is 2.12 bits per heavy atom. The smallest absolute Gasteiger partial charge is 0.162 e. The molecule has 0 amide bonds. The van der Waals surface area contributed by atoms with Crippen LogP contribution in [0.5, 0.6) is 0 Å². The minimum absolute atomic E-state index is 0.253. The molecule has 4 heterocycles. The van der Waals surface area contributed by atoms with Gasteiger partial charge in [-0.2, -0.15) is 0 Å². The highest BCUT2D eigenvalue weighted by atomic mass is 16.5. The van der Waals surface area contributed by atoms with E-state index in [-0.39, 0.29) is 11.5 Å². The third-order valence-electron chi connectivity index (χ3n) is 5.91. The average Bonchev–Trinajstić information content (AvgIpc) is 3.26. The number of ether oxygens (including phenoxy) is 2. The van der Waals surface area contributed by atoms with Gasteiger partial charge in [-0.15, -0.1) is 0 Å². The van der Waals surface area contributed by atoms with Crippen molar-refractivity contribution in [1.82, 2.24) is 24.8 Å². The molecule has 1 N–H and O–H groups in total. The molecule has 0 saturated carbocycles. The van der Waals surface area contributed by atoms with Crippen molar-refractivity contribution in [2.45, 2.75) is 32.2 Å². The monoisotopic (exact) mass is 438 g/mol. The van der Waals surface area contributed by atoms with Crippen molar-refractivity contribution in [3.8, 4) is 11.4 Å². The van der Waals surface area contributed by atoms with E-state index in [0.717, 1.165) is 41.2 Å². The van der Waals surface area contributed by atoms with Gasteiger partial charge >= 0.3 is 0 Å². The number of pyridine rings is 1. The van der Waals surface area contributed by atoms with E-state index in [1.165, 1.54) is 0 Å². The minimum Gasteiger partial charge on any atom is -0.379 e. The van der Waals surface area contributed by atoms with E-state index in [1.54, 1.807) is 6.20 Å². The van der Waals surface area contributed by atoms with Gasteiger partial charge < -0.3 is 24.3 Å². The standard InChI is InChI=1S/C24H34N6O2/c1-17-15-31-13-11-30(17)21-14-20(24(2,3)16-32-12-10-29(4)5)27-23(28-21)19-7-9-26-22-18(19)6-8-25-22/h6-9,14,17H,10-13,15-16H2,1-5H3,(H,25,26). The minimum atomic E-state index is -0.265. The Bertz CT molecular complexity index is 1050. The summed E-state index contributed by atoms with van der Waals surface area (Å²) in [6.45, 7) is 10.9. The molecular formula is C24H34N6O2. The van der Waals surface area contributed by atoms with E-state index in [4.69, 9.17) is 19.4 Å². The fourth-order valence-corrected chi connectivity index (χ4v) is 3.92. The number of morpholine rings is 1. The van der Waals surface area contributed by atoms with Crippen LogP contribution in [0.4, 0.5) is 5.82 Å². The molecule has 1 aliphatic heterocycles. The number of H-pyrrole nitrogens is 1. The van der Waals surface area contributed by atoms with Gasteiger partial charge in [0.2, 0.25) is 0 Å². The Hall–Kier alpha value is -2.55. The molecule has 0 aliphatic carbocycles. The molecule has 3 aromatic rings. The Labute approximate surface area is 190 Å². The summed E-state index contributed by atoms with van der Waals surface area (Å²) in [7, 11) is 4.11. The van der Waals surface area contributed by atoms with Crippen molar-refractivity contribution >= 4 is 16.9 Å². The predicted molar refractivity (Wildman–Crippen MR) is 127 cm³/mol. The zero-order chi connectivity index (χ0) is 22.7. The van der Waals surface area contributed by atoms with Crippen LogP contribution in [0.3, 0.4) is 0 Å². The van der Waals surface area contributed by atoms with Crippen LogP contribution in [0, 0.1) is 0 Å². The van der Waals surface area contributed by atoms with Gasteiger partial charge in [0.1, 0.15) is 11.5 Å². The van der Waals surface area contributed by atoms with Crippen LogP contribution in [0.25, 0.3) is 22.4 Å². The first kappa shape index (κ1) is 22.6. The van der Waals surface area contributed by atoms with Crippen molar-refractivity contribution in [3.63, 3.8) is 0 Å². The number of hydrogen-bond acceptors (Lipinski definition) is 7. The van der Waals surface area contributed by atoms with Crippen LogP contribution in [0.1, 0.15) is 26.5 Å². The summed E-state index contributed by atoms with van der Waals surface area (Å²) in [6.07, 6.45) is 3.70. The first-order valence-electron chi connectivity index (χ1n) is 11.2. The number of aromatic nitrogens is 4. The zero-order valence-corrected chi connectivity index (χ0v) is 19.8. The highest BCUT2D eigenvalue weighted by Gasteiger charge is 2.28. The maximum Gasteiger partial charge on any atom is 0.162 e. The number of likely N-dealkylation sites (N-methyl/N-ethyl adjacent to an activating group) is 1. The number of nitrogens with zero attached hydrogens (tertiary/aromatic N) is 5. The number of hydrogen-bond donors (Lipinski definition) is 1. The van der Waals surface area contributed by atoms with Crippen molar-refractivity contribution < 1.29 is 9.47 Å². The van der Waals surface area contributed by atoms with Crippen molar-refractivity contribution in [3.05, 3.63) is 36.3 Å². The van der Waals surface area contributed by atoms with Gasteiger partial charge in [-0.25, -0.2) is 15.0 Å². The second-order valence-corrected chi connectivity index (χ2v) is 9.39. The SMILES string of the molecule is CC1COCCN1c1cc(C(C)(C)COCCN(C)C)nc(-c2ccnc3[nH]ccc23)n1. The third-order valence-corrected chi connectivity index (χ3v) is 5.91. The van der Waals surface area contributed by atoms with Crippen molar-refractivity contribution in [2.24, 2.45) is 0 Å². The van der Waals surface area contributed by atoms with Gasteiger partial charge in [-0.05, 0) is 33.2 Å². The summed E-state index contributed by atoms with van der Waals surface area (Å²) in [5.41, 5.74) is 2.52. The Balaban J connectivity index is 1.73. The van der Waals surface area contributed by atoms with Crippen molar-refractivity contribution in [2.75, 3.05) is 58.5 Å². The lowest BCUT2D eigenvalue weighted by molar-refractivity contribution is 0.0817. The topological polar surface area (TPSA) is 79.4 Å². The Kier molecular flexibility index (Phi) is 6.74. The average molecular weight is 439 g/mol. The summed E-state index contributed by atoms with van der Waals surface area (Å²) in [5.74, 6) is 1.65. The second kappa shape index (κ2) is 9.52. The lowest BCUT2D eigenvalue weighted by Crippen LogP contribution is -2.44. The summed E-state index contributed by atoms with van der Waals surface area (Å²) in [5, 5.41) is 1.02. The number of fused-ring (bicyclic) bond motifs is 1. The lowest BCUT2D eigenvalue weighted by atomic mass is 9.89. The summed E-state index contributed by atoms with van der Waals surface area (Å²) >= 11 is 0. The molecule has 1 atom stereocenters. The molecule has 0 spiro atoms. The van der Waals surface area contributed by atoms with E-state index in [9.17, 15) is 0 Å². The molecule has 0 bridgehead atoms. The highest BCUT2D eigenvalue weighted by molar-refractivity contribution is 5.91. The van der Waals surface area contributed by atoms with Crippen LogP contribution in [-0.4, -0.2) is 84.5 Å². The number of rotatable bonds is 8. The molecule has 1 aliphatic rings. The molecule has 1 fully saturated rings. The molecule has 0 radical (unpaired) electrons.